The summed E-state index contributed by atoms with van der Waals surface area (Å²) in [5.41, 5.74) is 0. The predicted octanol–water partition coefficient (Wildman–Crippen LogP) is 5.12. The van der Waals surface area contributed by atoms with Gasteiger partial charge in [-0.05, 0) is 50.7 Å². The SMILES string of the molecule is CC.COCC1CC2C=CC1C2.COOC(=O)C(C)(C)SC(=S)SC. The normalized spacial score (nSPS) is 23.2. The maximum atomic E-state index is 11.3. The largest absolute Gasteiger partial charge is 0.384 e. The zero-order chi connectivity index (χ0) is 19.5. The summed E-state index contributed by atoms with van der Waals surface area (Å²) in [6.07, 6.45) is 9.38. The van der Waals surface area contributed by atoms with E-state index in [1.54, 1.807) is 21.0 Å². The second-order valence-electron chi connectivity index (χ2n) is 6.10. The molecule has 2 bridgehead atoms. The second-order valence-corrected chi connectivity index (χ2v) is 9.73. The minimum Gasteiger partial charge on any atom is -0.384 e. The number of thioether (sulfide) groups is 2. The van der Waals surface area contributed by atoms with E-state index in [4.69, 9.17) is 17.0 Å². The minimum absolute atomic E-state index is 0.434. The fourth-order valence-electron chi connectivity index (χ4n) is 2.77. The number of methoxy groups -OCH3 is 1. The van der Waals surface area contributed by atoms with Crippen molar-refractivity contribution in [2.75, 3.05) is 27.1 Å². The van der Waals surface area contributed by atoms with Crippen molar-refractivity contribution in [1.82, 2.24) is 0 Å². The van der Waals surface area contributed by atoms with Gasteiger partial charge >= 0.3 is 5.97 Å². The molecule has 1 fully saturated rings. The molecular weight excluding hydrogens is 376 g/mol. The zero-order valence-electron chi connectivity index (χ0n) is 16.4. The van der Waals surface area contributed by atoms with Gasteiger partial charge < -0.3 is 4.74 Å². The average Bonchev–Trinajstić information content (AvgIpc) is 3.20. The lowest BCUT2D eigenvalue weighted by Gasteiger charge is -2.19. The van der Waals surface area contributed by atoms with Crippen LogP contribution < -0.4 is 0 Å². The van der Waals surface area contributed by atoms with Crippen LogP contribution in [0.1, 0.15) is 40.5 Å². The summed E-state index contributed by atoms with van der Waals surface area (Å²) in [7, 11) is 3.10. The fourth-order valence-corrected chi connectivity index (χ4v) is 4.89. The Morgan fingerprint density at radius 2 is 1.88 bits per heavy atom. The Morgan fingerprint density at radius 3 is 2.28 bits per heavy atom. The molecule has 3 atom stereocenters. The van der Waals surface area contributed by atoms with Crippen LogP contribution in [-0.4, -0.2) is 41.3 Å². The third-order valence-electron chi connectivity index (χ3n) is 3.95. The third-order valence-corrected chi connectivity index (χ3v) is 6.63. The van der Waals surface area contributed by atoms with Crippen molar-refractivity contribution in [3.8, 4) is 0 Å². The molecule has 0 aromatic heterocycles. The molecule has 0 amide bonds. The molecule has 0 N–H and O–H groups in total. The van der Waals surface area contributed by atoms with Gasteiger partial charge in [-0.3, -0.25) is 4.89 Å². The van der Waals surface area contributed by atoms with E-state index in [2.05, 4.69) is 21.9 Å². The van der Waals surface area contributed by atoms with Crippen LogP contribution in [0.25, 0.3) is 0 Å². The van der Waals surface area contributed by atoms with E-state index < -0.39 is 10.7 Å². The van der Waals surface area contributed by atoms with Crippen LogP contribution in [-0.2, 0) is 19.3 Å². The second kappa shape index (κ2) is 13.1. The standard InChI is InChI=1S/C9H14O.C7H12O3S3.C2H6/c1-10-6-9-5-7-2-3-8(9)4-7;1-7(2,5(8)10-9-3)13-6(11)12-4;1-2/h2-3,7-9H,4-6H2,1H3;1-4H3;1-2H3. The molecule has 2 rings (SSSR count). The highest BCUT2D eigenvalue weighted by Gasteiger charge is 2.35. The van der Waals surface area contributed by atoms with E-state index >= 15 is 0 Å². The predicted molar refractivity (Wildman–Crippen MR) is 113 cm³/mol. The van der Waals surface area contributed by atoms with Crippen molar-refractivity contribution in [2.45, 2.75) is 45.3 Å². The zero-order valence-corrected chi connectivity index (χ0v) is 18.8. The Hall–Kier alpha value is -0.0800. The van der Waals surface area contributed by atoms with E-state index in [0.29, 0.717) is 3.53 Å². The number of ether oxygens (including phenoxy) is 1. The number of carbonyl (C=O) groups is 1. The lowest BCUT2D eigenvalue weighted by molar-refractivity contribution is -0.256. The van der Waals surface area contributed by atoms with Gasteiger partial charge in [-0.15, -0.1) is 11.8 Å². The number of thiocarbonyl (C=S) groups is 1. The van der Waals surface area contributed by atoms with Gasteiger partial charge in [-0.1, -0.05) is 50.0 Å². The molecular formula is C18H32O4S3. The monoisotopic (exact) mass is 408 g/mol. The number of hydrogen-bond donors (Lipinski definition) is 0. The first-order valence-electron chi connectivity index (χ1n) is 8.53. The van der Waals surface area contributed by atoms with Gasteiger partial charge in [0.15, 0.2) is 0 Å². The fraction of sp³-hybridized carbons (Fsp3) is 0.778. The quantitative estimate of drug-likeness (QED) is 0.271. The first-order chi connectivity index (χ1) is 11.8. The van der Waals surface area contributed by atoms with Gasteiger partial charge in [0, 0.05) is 13.7 Å². The Kier molecular flexibility index (Phi) is 13.1. The summed E-state index contributed by atoms with van der Waals surface area (Å²) in [5.74, 6) is 2.14. The molecule has 7 heteroatoms. The van der Waals surface area contributed by atoms with Crippen LogP contribution in [0.15, 0.2) is 12.2 Å². The summed E-state index contributed by atoms with van der Waals surface area (Å²) in [4.78, 5) is 20.0. The lowest BCUT2D eigenvalue weighted by atomic mass is 9.95. The van der Waals surface area contributed by atoms with Crippen LogP contribution >= 0.6 is 35.7 Å². The molecule has 0 aromatic carbocycles. The topological polar surface area (TPSA) is 44.8 Å². The summed E-state index contributed by atoms with van der Waals surface area (Å²) >= 11 is 7.71. The Bertz CT molecular complexity index is 438. The van der Waals surface area contributed by atoms with Crippen LogP contribution in [0, 0.1) is 17.8 Å². The molecule has 146 valence electrons. The highest BCUT2D eigenvalue weighted by Crippen LogP contribution is 2.43. The number of hydrogen-bond acceptors (Lipinski definition) is 7. The summed E-state index contributed by atoms with van der Waals surface area (Å²) in [6, 6.07) is 0. The maximum Gasteiger partial charge on any atom is 0.358 e. The molecule has 0 aliphatic heterocycles. The van der Waals surface area contributed by atoms with Gasteiger partial charge in [0.25, 0.3) is 0 Å². The van der Waals surface area contributed by atoms with Crippen LogP contribution in [0.2, 0.25) is 0 Å². The number of fused-ring (bicyclic) bond motifs is 2. The molecule has 0 saturated heterocycles. The highest BCUT2D eigenvalue weighted by molar-refractivity contribution is 8.47. The van der Waals surface area contributed by atoms with Crippen LogP contribution in [0.5, 0.6) is 0 Å². The number of rotatable bonds is 5. The van der Waals surface area contributed by atoms with Gasteiger partial charge in [0.05, 0.1) is 7.11 Å². The molecule has 1 saturated carbocycles. The molecule has 0 heterocycles. The van der Waals surface area contributed by atoms with Gasteiger partial charge in [0.1, 0.15) is 8.28 Å². The Labute approximate surface area is 166 Å². The summed E-state index contributed by atoms with van der Waals surface area (Å²) < 4.78 is 5.15. The summed E-state index contributed by atoms with van der Waals surface area (Å²) in [5, 5.41) is 0. The molecule has 0 radical (unpaired) electrons. The Morgan fingerprint density at radius 1 is 1.24 bits per heavy atom. The molecule has 25 heavy (non-hydrogen) atoms. The van der Waals surface area contributed by atoms with E-state index in [-0.39, 0.29) is 0 Å². The average molecular weight is 409 g/mol. The first kappa shape index (κ1) is 24.9. The van der Waals surface area contributed by atoms with E-state index in [1.807, 2.05) is 20.1 Å². The molecule has 0 aromatic rings. The smallest absolute Gasteiger partial charge is 0.358 e. The van der Waals surface area contributed by atoms with Crippen molar-refractivity contribution >= 4 is 45.2 Å². The van der Waals surface area contributed by atoms with Crippen LogP contribution in [0.4, 0.5) is 0 Å². The van der Waals surface area contributed by atoms with E-state index in [1.165, 1.54) is 43.5 Å². The van der Waals surface area contributed by atoms with Crippen molar-refractivity contribution in [3.05, 3.63) is 12.2 Å². The van der Waals surface area contributed by atoms with Crippen molar-refractivity contribution in [1.29, 1.82) is 0 Å². The number of allylic oxidation sites excluding steroid dienone is 2. The highest BCUT2D eigenvalue weighted by atomic mass is 32.2. The molecule has 3 unspecified atom stereocenters. The van der Waals surface area contributed by atoms with Gasteiger partial charge in [0.2, 0.25) is 0 Å². The van der Waals surface area contributed by atoms with Gasteiger partial charge in [-0.25, -0.2) is 4.79 Å². The van der Waals surface area contributed by atoms with Crippen LogP contribution in [0.3, 0.4) is 0 Å². The maximum absolute atomic E-state index is 11.3. The third kappa shape index (κ3) is 8.91. The molecule has 2 aliphatic carbocycles. The van der Waals surface area contributed by atoms with Crippen molar-refractivity contribution < 1.29 is 19.3 Å². The van der Waals surface area contributed by atoms with Gasteiger partial charge in [-0.2, -0.15) is 4.89 Å². The first-order valence-corrected chi connectivity index (χ1v) is 11.0. The van der Waals surface area contributed by atoms with E-state index in [0.717, 1.165) is 24.4 Å². The van der Waals surface area contributed by atoms with E-state index in [9.17, 15) is 4.79 Å². The van der Waals surface area contributed by atoms with Crippen molar-refractivity contribution in [3.63, 3.8) is 0 Å². The molecule has 0 spiro atoms. The Balaban J connectivity index is 0.000000426. The lowest BCUT2D eigenvalue weighted by Crippen LogP contribution is -2.30. The molecule has 4 nitrogen and oxygen atoms in total. The van der Waals surface area contributed by atoms with Crippen molar-refractivity contribution in [2.24, 2.45) is 17.8 Å². The molecule has 2 aliphatic rings. The number of carbonyl (C=O) groups excluding carboxylic acids is 1. The summed E-state index contributed by atoms with van der Waals surface area (Å²) in [6.45, 7) is 8.44. The minimum atomic E-state index is -0.698.